The third-order valence-corrected chi connectivity index (χ3v) is 7.23. The number of halogens is 2. The maximum Gasteiger partial charge on any atom is 0.244 e. The molecule has 2 aromatic carbocycles. The lowest BCUT2D eigenvalue weighted by molar-refractivity contribution is -0.140. The van der Waals surface area contributed by atoms with Gasteiger partial charge in [-0.3, -0.25) is 13.9 Å². The Morgan fingerprint density at radius 3 is 2.33 bits per heavy atom. The van der Waals surface area contributed by atoms with Gasteiger partial charge in [0, 0.05) is 23.6 Å². The highest BCUT2D eigenvalue weighted by Crippen LogP contribution is 2.27. The van der Waals surface area contributed by atoms with E-state index in [0.717, 1.165) is 21.7 Å². The van der Waals surface area contributed by atoms with E-state index in [9.17, 15) is 18.0 Å². The fourth-order valence-corrected chi connectivity index (χ4v) is 4.89. The number of nitrogens with one attached hydrogen (secondary N) is 1. The molecule has 0 unspecified atom stereocenters. The van der Waals surface area contributed by atoms with Crippen LogP contribution >= 0.6 is 23.2 Å². The van der Waals surface area contributed by atoms with Crippen LogP contribution in [0.25, 0.3) is 0 Å². The van der Waals surface area contributed by atoms with E-state index in [4.69, 9.17) is 23.2 Å². The van der Waals surface area contributed by atoms with Gasteiger partial charge in [-0.2, -0.15) is 0 Å². The molecule has 0 aliphatic carbocycles. The topological polar surface area (TPSA) is 86.8 Å². The van der Waals surface area contributed by atoms with E-state index in [-0.39, 0.29) is 12.5 Å². The molecular weight excluding hydrogens is 485 g/mol. The SMILES string of the molecule is CC[C@@H](C(=O)NC)N(Cc1ccc(Cl)cc1Cl)C(=O)CN(c1cccc(C)c1C)S(C)(=O)=O. The van der Waals surface area contributed by atoms with Crippen molar-refractivity contribution in [3.05, 3.63) is 63.1 Å². The lowest BCUT2D eigenvalue weighted by Gasteiger charge is -2.33. The Hall–Kier alpha value is -2.29. The van der Waals surface area contributed by atoms with E-state index in [2.05, 4.69) is 5.32 Å². The van der Waals surface area contributed by atoms with Crippen molar-refractivity contribution in [3.8, 4) is 0 Å². The Morgan fingerprint density at radius 2 is 1.79 bits per heavy atom. The molecule has 7 nitrogen and oxygen atoms in total. The number of benzene rings is 2. The summed E-state index contributed by atoms with van der Waals surface area (Å²) in [6, 6.07) is 9.34. The van der Waals surface area contributed by atoms with Crippen molar-refractivity contribution >= 4 is 50.7 Å². The van der Waals surface area contributed by atoms with Crippen LogP contribution in [0.1, 0.15) is 30.0 Å². The maximum absolute atomic E-state index is 13.5. The number of amides is 2. The van der Waals surface area contributed by atoms with E-state index in [1.54, 1.807) is 44.2 Å². The first-order valence-corrected chi connectivity index (χ1v) is 13.0. The molecule has 0 heterocycles. The highest BCUT2D eigenvalue weighted by molar-refractivity contribution is 7.92. The summed E-state index contributed by atoms with van der Waals surface area (Å²) >= 11 is 12.3. The monoisotopic (exact) mass is 513 g/mol. The summed E-state index contributed by atoms with van der Waals surface area (Å²) in [5.41, 5.74) is 2.66. The molecule has 33 heavy (non-hydrogen) atoms. The predicted octanol–water partition coefficient (Wildman–Crippen LogP) is 3.93. The normalized spacial score (nSPS) is 12.2. The van der Waals surface area contributed by atoms with Crippen molar-refractivity contribution in [1.82, 2.24) is 10.2 Å². The second-order valence-corrected chi connectivity index (χ2v) is 10.5. The zero-order chi connectivity index (χ0) is 24.9. The number of aryl methyl sites for hydroxylation is 1. The third kappa shape index (κ3) is 6.62. The standard InChI is InChI=1S/C23H29Cl2N3O4S/c1-6-20(23(30)26-4)27(13-17-10-11-18(24)12-19(17)25)22(29)14-28(33(5,31)32)21-9-7-8-15(2)16(21)3/h7-12,20H,6,13-14H2,1-5H3,(H,26,30)/t20-/m0/s1. The molecule has 2 rings (SSSR count). The van der Waals surface area contributed by atoms with Crippen LogP contribution < -0.4 is 9.62 Å². The molecule has 0 fully saturated rings. The highest BCUT2D eigenvalue weighted by Gasteiger charge is 2.32. The van der Waals surface area contributed by atoms with Crippen LogP contribution in [0.15, 0.2) is 36.4 Å². The first kappa shape index (κ1) is 27.0. The van der Waals surface area contributed by atoms with Gasteiger partial charge in [0.2, 0.25) is 21.8 Å². The smallest absolute Gasteiger partial charge is 0.244 e. The second-order valence-electron chi connectivity index (χ2n) is 7.78. The summed E-state index contributed by atoms with van der Waals surface area (Å²) in [5.74, 6) is -0.878. The number of sulfonamides is 1. The van der Waals surface area contributed by atoms with E-state index in [1.807, 2.05) is 13.0 Å². The number of likely N-dealkylation sites (N-methyl/N-ethyl adjacent to an activating group) is 1. The van der Waals surface area contributed by atoms with Gasteiger partial charge in [-0.15, -0.1) is 0 Å². The number of nitrogens with zero attached hydrogens (tertiary/aromatic N) is 2. The van der Waals surface area contributed by atoms with Crippen molar-refractivity contribution in [2.75, 3.05) is 24.2 Å². The minimum Gasteiger partial charge on any atom is -0.357 e. The minimum absolute atomic E-state index is 0.0190. The molecule has 2 amide bonds. The van der Waals surface area contributed by atoms with Gasteiger partial charge < -0.3 is 10.2 Å². The van der Waals surface area contributed by atoms with Crippen LogP contribution in [0.3, 0.4) is 0 Å². The molecule has 2 aromatic rings. The molecule has 0 saturated heterocycles. The second kappa shape index (κ2) is 11.2. The summed E-state index contributed by atoms with van der Waals surface area (Å²) in [7, 11) is -2.30. The van der Waals surface area contributed by atoms with Crippen molar-refractivity contribution in [3.63, 3.8) is 0 Å². The van der Waals surface area contributed by atoms with Gasteiger partial charge in [0.25, 0.3) is 0 Å². The van der Waals surface area contributed by atoms with Gasteiger partial charge >= 0.3 is 0 Å². The maximum atomic E-state index is 13.5. The summed E-state index contributed by atoms with van der Waals surface area (Å²) in [6.45, 7) is 5.02. The van der Waals surface area contributed by atoms with Gasteiger partial charge in [0.1, 0.15) is 12.6 Å². The van der Waals surface area contributed by atoms with Crippen LogP contribution in [0.5, 0.6) is 0 Å². The van der Waals surface area contributed by atoms with Crippen LogP contribution in [0.2, 0.25) is 10.0 Å². The Morgan fingerprint density at radius 1 is 1.12 bits per heavy atom. The number of hydrogen-bond donors (Lipinski definition) is 1. The first-order chi connectivity index (χ1) is 15.4. The average Bonchev–Trinajstić information content (AvgIpc) is 2.74. The lowest BCUT2D eigenvalue weighted by atomic mass is 10.1. The fraction of sp³-hybridized carbons (Fsp3) is 0.391. The third-order valence-electron chi connectivity index (χ3n) is 5.51. The van der Waals surface area contributed by atoms with Crippen molar-refractivity contribution in [2.45, 2.75) is 39.8 Å². The lowest BCUT2D eigenvalue weighted by Crippen LogP contribution is -2.51. The molecule has 0 bridgehead atoms. The quantitative estimate of drug-likeness (QED) is 0.550. The Balaban J connectivity index is 2.51. The van der Waals surface area contributed by atoms with Crippen LogP contribution in [0, 0.1) is 13.8 Å². The molecule has 0 aromatic heterocycles. The molecule has 0 aliphatic rings. The fourth-order valence-electron chi connectivity index (χ4n) is 3.52. The summed E-state index contributed by atoms with van der Waals surface area (Å²) in [4.78, 5) is 27.5. The summed E-state index contributed by atoms with van der Waals surface area (Å²) < 4.78 is 26.4. The number of carbonyl (C=O) groups excluding carboxylic acids is 2. The molecule has 0 radical (unpaired) electrons. The number of rotatable bonds is 9. The molecule has 0 saturated carbocycles. The molecule has 1 N–H and O–H groups in total. The largest absolute Gasteiger partial charge is 0.357 e. The van der Waals surface area contributed by atoms with Crippen molar-refractivity contribution < 1.29 is 18.0 Å². The minimum atomic E-state index is -3.79. The summed E-state index contributed by atoms with van der Waals surface area (Å²) in [6.07, 6.45) is 1.39. The van der Waals surface area contributed by atoms with Gasteiger partial charge in [-0.1, -0.05) is 48.3 Å². The first-order valence-electron chi connectivity index (χ1n) is 10.4. The van der Waals surface area contributed by atoms with Crippen molar-refractivity contribution in [2.24, 2.45) is 0 Å². The number of anilines is 1. The average molecular weight is 514 g/mol. The molecule has 0 aliphatic heterocycles. The van der Waals surface area contributed by atoms with Crippen LogP contribution in [-0.2, 0) is 26.2 Å². The Kier molecular flexibility index (Phi) is 9.17. The zero-order valence-corrected chi connectivity index (χ0v) is 21.7. The van der Waals surface area contributed by atoms with Gasteiger partial charge in [-0.05, 0) is 55.2 Å². The zero-order valence-electron chi connectivity index (χ0n) is 19.4. The van der Waals surface area contributed by atoms with Gasteiger partial charge in [-0.25, -0.2) is 8.42 Å². The highest BCUT2D eigenvalue weighted by atomic mass is 35.5. The molecule has 10 heteroatoms. The van der Waals surface area contributed by atoms with E-state index in [1.165, 1.54) is 11.9 Å². The molecule has 0 spiro atoms. The van der Waals surface area contributed by atoms with Gasteiger partial charge in [0.05, 0.1) is 11.9 Å². The van der Waals surface area contributed by atoms with Crippen molar-refractivity contribution in [1.29, 1.82) is 0 Å². The van der Waals surface area contributed by atoms with E-state index >= 15 is 0 Å². The molecule has 1 atom stereocenters. The molecule has 180 valence electrons. The Bertz CT molecular complexity index is 1140. The van der Waals surface area contributed by atoms with E-state index in [0.29, 0.717) is 27.7 Å². The van der Waals surface area contributed by atoms with E-state index < -0.39 is 28.5 Å². The summed E-state index contributed by atoms with van der Waals surface area (Å²) in [5, 5.41) is 3.37. The number of carbonyl (C=O) groups is 2. The van der Waals surface area contributed by atoms with Crippen LogP contribution in [-0.4, -0.2) is 51.0 Å². The van der Waals surface area contributed by atoms with Gasteiger partial charge in [0.15, 0.2) is 0 Å². The number of hydrogen-bond acceptors (Lipinski definition) is 4. The molecular formula is C23H29Cl2N3O4S. The Labute approximate surface area is 205 Å². The van der Waals surface area contributed by atoms with Crippen LogP contribution in [0.4, 0.5) is 5.69 Å². The predicted molar refractivity (Wildman–Crippen MR) is 133 cm³/mol.